The first-order chi connectivity index (χ1) is 7.85. The number of hydrogen-bond acceptors (Lipinski definition) is 3. The second-order valence-corrected chi connectivity index (χ2v) is 5.06. The van der Waals surface area contributed by atoms with E-state index in [1.54, 1.807) is 0 Å². The highest BCUT2D eigenvalue weighted by Gasteiger charge is 2.32. The van der Waals surface area contributed by atoms with Crippen molar-refractivity contribution in [2.45, 2.75) is 63.1 Å². The highest BCUT2D eigenvalue weighted by Crippen LogP contribution is 2.29. The van der Waals surface area contributed by atoms with Gasteiger partial charge in [-0.15, -0.1) is 0 Å². The van der Waals surface area contributed by atoms with Gasteiger partial charge in [-0.25, -0.2) is 0 Å². The van der Waals surface area contributed by atoms with Gasteiger partial charge in [0.2, 0.25) is 0 Å². The quantitative estimate of drug-likeness (QED) is 0.719. The maximum atomic E-state index is 9.19. The van der Waals surface area contributed by atoms with Gasteiger partial charge in [-0.3, -0.25) is 4.90 Å². The molecule has 1 saturated carbocycles. The monoisotopic (exact) mass is 222 g/mol. The van der Waals surface area contributed by atoms with Crippen molar-refractivity contribution in [2.24, 2.45) is 0 Å². The summed E-state index contributed by atoms with van der Waals surface area (Å²) in [6, 6.07) is 3.22. The first kappa shape index (κ1) is 11.9. The van der Waals surface area contributed by atoms with Crippen LogP contribution in [0.2, 0.25) is 0 Å². The third kappa shape index (κ3) is 2.56. The zero-order chi connectivity index (χ0) is 11.4. The molecule has 1 aliphatic heterocycles. The number of ether oxygens (including phenoxy) is 1. The largest absolute Gasteiger partial charge is 0.381 e. The summed E-state index contributed by atoms with van der Waals surface area (Å²) in [6.45, 7) is 1.11. The van der Waals surface area contributed by atoms with E-state index in [1.807, 2.05) is 7.11 Å². The Morgan fingerprint density at radius 3 is 2.81 bits per heavy atom. The first-order valence-electron chi connectivity index (χ1n) is 6.53. The Hall–Kier alpha value is -0.590. The van der Waals surface area contributed by atoms with E-state index >= 15 is 0 Å². The predicted octanol–water partition coefficient (Wildman–Crippen LogP) is 2.32. The van der Waals surface area contributed by atoms with Crippen LogP contribution in [0.1, 0.15) is 44.9 Å². The minimum absolute atomic E-state index is 0.161. The lowest BCUT2D eigenvalue weighted by Crippen LogP contribution is -2.48. The molecule has 0 spiro atoms. The van der Waals surface area contributed by atoms with E-state index in [2.05, 4.69) is 11.0 Å². The van der Waals surface area contributed by atoms with Gasteiger partial charge >= 0.3 is 0 Å². The fraction of sp³-hybridized carbons (Fsp3) is 0.923. The number of rotatable bonds is 2. The minimum Gasteiger partial charge on any atom is -0.381 e. The molecule has 3 unspecified atom stereocenters. The summed E-state index contributed by atoms with van der Waals surface area (Å²) in [5, 5.41) is 9.19. The standard InChI is InChI=1S/C13H22N2O/c1-16-13-7-4-6-11(9-13)15-8-3-2-5-12(15)10-14/h11-13H,2-9H2,1H3. The maximum Gasteiger partial charge on any atom is 0.0980 e. The lowest BCUT2D eigenvalue weighted by atomic mass is 9.89. The van der Waals surface area contributed by atoms with Crippen molar-refractivity contribution in [3.8, 4) is 6.07 Å². The molecule has 0 N–H and O–H groups in total. The molecule has 2 fully saturated rings. The Bertz CT molecular complexity index is 261. The second-order valence-electron chi connectivity index (χ2n) is 5.06. The number of nitriles is 1. The van der Waals surface area contributed by atoms with Gasteiger partial charge in [0.1, 0.15) is 0 Å². The Labute approximate surface area is 98.4 Å². The highest BCUT2D eigenvalue weighted by molar-refractivity contribution is 4.97. The normalized spacial score (nSPS) is 36.9. The van der Waals surface area contributed by atoms with Crippen LogP contribution in [-0.2, 0) is 4.74 Å². The summed E-state index contributed by atoms with van der Waals surface area (Å²) in [5.41, 5.74) is 0. The molecule has 1 aliphatic carbocycles. The van der Waals surface area contributed by atoms with Crippen LogP contribution in [0, 0.1) is 11.3 Å². The fourth-order valence-electron chi connectivity index (χ4n) is 3.17. The van der Waals surface area contributed by atoms with E-state index in [4.69, 9.17) is 4.74 Å². The topological polar surface area (TPSA) is 36.3 Å². The van der Waals surface area contributed by atoms with E-state index < -0.39 is 0 Å². The SMILES string of the molecule is COC1CCCC(N2CCCCC2C#N)C1. The van der Waals surface area contributed by atoms with Gasteiger partial charge in [-0.05, 0) is 51.5 Å². The molecule has 0 aromatic rings. The van der Waals surface area contributed by atoms with Crippen LogP contribution in [-0.4, -0.2) is 36.7 Å². The number of methoxy groups -OCH3 is 1. The van der Waals surface area contributed by atoms with Crippen LogP contribution in [0.25, 0.3) is 0 Å². The van der Waals surface area contributed by atoms with Crippen molar-refractivity contribution in [1.29, 1.82) is 5.26 Å². The molecule has 0 aromatic carbocycles. The van der Waals surface area contributed by atoms with Crippen molar-refractivity contribution >= 4 is 0 Å². The summed E-state index contributed by atoms with van der Waals surface area (Å²) in [5.74, 6) is 0. The average Bonchev–Trinajstić information content (AvgIpc) is 2.38. The molecule has 1 heterocycles. The zero-order valence-corrected chi connectivity index (χ0v) is 10.2. The van der Waals surface area contributed by atoms with Crippen LogP contribution in [0.4, 0.5) is 0 Å². The number of hydrogen-bond donors (Lipinski definition) is 0. The second kappa shape index (κ2) is 5.65. The lowest BCUT2D eigenvalue weighted by molar-refractivity contribution is 0.0133. The molecule has 0 aromatic heterocycles. The van der Waals surface area contributed by atoms with E-state index in [0.29, 0.717) is 12.1 Å². The molecule has 0 amide bonds. The maximum absolute atomic E-state index is 9.19. The van der Waals surface area contributed by atoms with Crippen LogP contribution >= 0.6 is 0 Å². The van der Waals surface area contributed by atoms with Gasteiger partial charge in [0, 0.05) is 13.2 Å². The van der Waals surface area contributed by atoms with Crippen molar-refractivity contribution in [3.63, 3.8) is 0 Å². The van der Waals surface area contributed by atoms with Crippen molar-refractivity contribution in [2.75, 3.05) is 13.7 Å². The van der Waals surface area contributed by atoms with E-state index in [1.165, 1.54) is 32.1 Å². The summed E-state index contributed by atoms with van der Waals surface area (Å²) >= 11 is 0. The summed E-state index contributed by atoms with van der Waals surface area (Å²) in [6.07, 6.45) is 8.76. The molecule has 1 saturated heterocycles. The lowest BCUT2D eigenvalue weighted by Gasteiger charge is -2.41. The molecule has 2 rings (SSSR count). The smallest absolute Gasteiger partial charge is 0.0980 e. The fourth-order valence-corrected chi connectivity index (χ4v) is 3.17. The molecular formula is C13H22N2O. The molecule has 3 heteroatoms. The molecule has 3 nitrogen and oxygen atoms in total. The number of likely N-dealkylation sites (tertiary alicyclic amines) is 1. The molecule has 16 heavy (non-hydrogen) atoms. The molecule has 3 atom stereocenters. The highest BCUT2D eigenvalue weighted by atomic mass is 16.5. The Kier molecular flexibility index (Phi) is 4.20. The summed E-state index contributed by atoms with van der Waals surface area (Å²) < 4.78 is 5.47. The Morgan fingerprint density at radius 2 is 2.06 bits per heavy atom. The summed E-state index contributed by atoms with van der Waals surface area (Å²) in [4.78, 5) is 2.44. The first-order valence-corrected chi connectivity index (χ1v) is 6.53. The third-order valence-corrected chi connectivity index (χ3v) is 4.09. The zero-order valence-electron chi connectivity index (χ0n) is 10.2. The Morgan fingerprint density at radius 1 is 1.19 bits per heavy atom. The predicted molar refractivity (Wildman–Crippen MR) is 63.0 cm³/mol. The van der Waals surface area contributed by atoms with Gasteiger partial charge in [0.25, 0.3) is 0 Å². The van der Waals surface area contributed by atoms with Gasteiger partial charge in [-0.1, -0.05) is 0 Å². The van der Waals surface area contributed by atoms with E-state index in [9.17, 15) is 5.26 Å². The van der Waals surface area contributed by atoms with Gasteiger partial charge in [0.05, 0.1) is 18.2 Å². The van der Waals surface area contributed by atoms with Gasteiger partial charge < -0.3 is 4.74 Å². The average molecular weight is 222 g/mol. The van der Waals surface area contributed by atoms with Crippen LogP contribution in [0.5, 0.6) is 0 Å². The van der Waals surface area contributed by atoms with E-state index in [0.717, 1.165) is 19.4 Å². The van der Waals surface area contributed by atoms with Crippen LogP contribution in [0.3, 0.4) is 0 Å². The molecule has 0 bridgehead atoms. The molecular weight excluding hydrogens is 200 g/mol. The van der Waals surface area contributed by atoms with Crippen molar-refractivity contribution in [1.82, 2.24) is 4.90 Å². The van der Waals surface area contributed by atoms with Crippen molar-refractivity contribution < 1.29 is 4.74 Å². The van der Waals surface area contributed by atoms with Crippen LogP contribution < -0.4 is 0 Å². The summed E-state index contributed by atoms with van der Waals surface area (Å²) in [7, 11) is 1.81. The van der Waals surface area contributed by atoms with Crippen LogP contribution in [0.15, 0.2) is 0 Å². The minimum atomic E-state index is 0.161. The Balaban J connectivity index is 1.96. The van der Waals surface area contributed by atoms with Gasteiger partial charge in [-0.2, -0.15) is 5.26 Å². The van der Waals surface area contributed by atoms with Gasteiger partial charge in [0.15, 0.2) is 0 Å². The van der Waals surface area contributed by atoms with Crippen molar-refractivity contribution in [3.05, 3.63) is 0 Å². The number of nitrogens with zero attached hydrogens (tertiary/aromatic N) is 2. The third-order valence-electron chi connectivity index (χ3n) is 4.09. The number of piperidine rings is 1. The van der Waals surface area contributed by atoms with E-state index in [-0.39, 0.29) is 6.04 Å². The molecule has 0 radical (unpaired) electrons. The molecule has 2 aliphatic rings. The molecule has 90 valence electrons.